The maximum atomic E-state index is 12.8. The Kier molecular flexibility index (Phi) is 11.6. The number of nitrogens with one attached hydrogen (secondary N) is 1. The summed E-state index contributed by atoms with van der Waals surface area (Å²) >= 11 is 0. The normalized spacial score (nSPS) is 18.2. The molecule has 0 saturated carbocycles. The highest BCUT2D eigenvalue weighted by Gasteiger charge is 2.50. The average Bonchev–Trinajstić information content (AvgIpc) is 3.60. The maximum Gasteiger partial charge on any atom is 0.280 e. The molecule has 13 heteroatoms. The van der Waals surface area contributed by atoms with Crippen LogP contribution in [0.3, 0.4) is 0 Å². The molecule has 288 valence electrons. The Bertz CT molecular complexity index is 1980. The molecule has 2 atom stereocenters. The van der Waals surface area contributed by atoms with E-state index in [-0.39, 0.29) is 37.9 Å². The van der Waals surface area contributed by atoms with Crippen molar-refractivity contribution in [2.75, 3.05) is 46.4 Å². The number of nitrogen functional groups attached to an aromatic ring is 1. The van der Waals surface area contributed by atoms with Gasteiger partial charge in [0.25, 0.3) is 5.56 Å². The predicted molar refractivity (Wildman–Crippen MR) is 211 cm³/mol. The monoisotopic (exact) mass is 755 g/mol. The molecular formula is C41H53N5O7Si. The SMILES string of the molecule is COc1ccc(C(OC[C@]2(CO[Si](C(C)C)(C(C)C)C(C)C)COC[C@H](n3cnc4c(=O)[nH]c(N)nc43)O2)(c2ccccc2)c2ccc(OC)cc2)cc1. The summed E-state index contributed by atoms with van der Waals surface area (Å²) in [6.45, 7) is 14.2. The molecule has 1 aliphatic heterocycles. The standard InChI is InChI=1S/C41H53N5O7Si/c1-27(2)54(28(3)4,29(5)6)52-25-40(23-50-22-35(53-40)46-26-43-36-37(46)44-39(42)45-38(36)47)24-51-41(30-12-10-9-11-13-30,31-14-18-33(48-7)19-15-31)32-16-20-34(49-8)21-17-32/h9-21,26-29,35H,22-25H2,1-8H3,(H3,42,44,45,47)/t35-,40+/m1/s1. The van der Waals surface area contributed by atoms with Gasteiger partial charge in [0.1, 0.15) is 22.7 Å². The number of benzene rings is 3. The number of nitrogens with zero attached hydrogens (tertiary/aromatic N) is 3. The zero-order chi connectivity index (χ0) is 38.7. The minimum absolute atomic E-state index is 0.0166. The molecule has 3 heterocycles. The molecule has 12 nitrogen and oxygen atoms in total. The van der Waals surface area contributed by atoms with E-state index in [9.17, 15) is 4.79 Å². The second-order valence-corrected chi connectivity index (χ2v) is 20.4. The van der Waals surface area contributed by atoms with E-state index in [4.69, 9.17) is 33.8 Å². The van der Waals surface area contributed by atoms with Gasteiger partial charge in [-0.25, -0.2) is 4.98 Å². The van der Waals surface area contributed by atoms with Crippen molar-refractivity contribution in [3.05, 3.63) is 112 Å². The van der Waals surface area contributed by atoms with Crippen molar-refractivity contribution in [3.63, 3.8) is 0 Å². The van der Waals surface area contributed by atoms with E-state index in [1.54, 1.807) is 18.8 Å². The summed E-state index contributed by atoms with van der Waals surface area (Å²) in [6, 6.07) is 26.0. The number of fused-ring (bicyclic) bond motifs is 1. The molecule has 3 N–H and O–H groups in total. The van der Waals surface area contributed by atoms with Gasteiger partial charge in [0.05, 0.1) is 47.0 Å². The van der Waals surface area contributed by atoms with Crippen LogP contribution < -0.4 is 20.8 Å². The van der Waals surface area contributed by atoms with Gasteiger partial charge in [0, 0.05) is 0 Å². The van der Waals surface area contributed by atoms with Crippen molar-refractivity contribution < 1.29 is 28.1 Å². The fourth-order valence-corrected chi connectivity index (χ4v) is 13.8. The lowest BCUT2D eigenvalue weighted by Crippen LogP contribution is -2.58. The first kappa shape index (κ1) is 39.2. The van der Waals surface area contributed by atoms with Gasteiger partial charge in [-0.15, -0.1) is 0 Å². The summed E-state index contributed by atoms with van der Waals surface area (Å²) in [7, 11) is 0.897. The first-order valence-electron chi connectivity index (χ1n) is 18.5. The maximum absolute atomic E-state index is 12.8. The first-order chi connectivity index (χ1) is 25.9. The van der Waals surface area contributed by atoms with Gasteiger partial charge >= 0.3 is 0 Å². The van der Waals surface area contributed by atoms with E-state index in [0.717, 1.165) is 28.2 Å². The molecule has 0 spiro atoms. The van der Waals surface area contributed by atoms with Crippen LogP contribution in [0.5, 0.6) is 11.5 Å². The van der Waals surface area contributed by atoms with Gasteiger partial charge in [-0.2, -0.15) is 4.98 Å². The van der Waals surface area contributed by atoms with Gasteiger partial charge in [-0.3, -0.25) is 14.3 Å². The quantitative estimate of drug-likeness (QED) is 0.0831. The molecule has 3 aromatic carbocycles. The number of imidazole rings is 1. The number of aromatic nitrogens is 4. The van der Waals surface area contributed by atoms with E-state index < -0.39 is 31.3 Å². The molecule has 5 aromatic rings. The van der Waals surface area contributed by atoms with E-state index in [2.05, 4.69) is 68.6 Å². The number of methoxy groups -OCH3 is 2. The molecule has 0 bridgehead atoms. The Hall–Kier alpha value is -4.53. The summed E-state index contributed by atoms with van der Waals surface area (Å²) in [5, 5.41) is 0. The second-order valence-electron chi connectivity index (χ2n) is 14.9. The molecule has 0 amide bonds. The largest absolute Gasteiger partial charge is 0.497 e. The van der Waals surface area contributed by atoms with Crippen molar-refractivity contribution in [3.8, 4) is 11.5 Å². The summed E-state index contributed by atoms with van der Waals surface area (Å²) in [5.74, 6) is 1.44. The summed E-state index contributed by atoms with van der Waals surface area (Å²) in [5.41, 5.74) is 7.46. The Morgan fingerprint density at radius 1 is 0.870 bits per heavy atom. The number of rotatable bonds is 15. The van der Waals surface area contributed by atoms with Crippen LogP contribution in [-0.4, -0.2) is 74.1 Å². The number of anilines is 1. The Morgan fingerprint density at radius 3 is 1.96 bits per heavy atom. The molecule has 1 fully saturated rings. The number of hydrogen-bond acceptors (Lipinski definition) is 10. The molecule has 1 saturated heterocycles. The van der Waals surface area contributed by atoms with Gasteiger partial charge in [0.15, 0.2) is 25.7 Å². The summed E-state index contributed by atoms with van der Waals surface area (Å²) in [4.78, 5) is 24.1. The van der Waals surface area contributed by atoms with Crippen molar-refractivity contribution in [1.29, 1.82) is 0 Å². The lowest BCUT2D eigenvalue weighted by atomic mass is 9.79. The highest BCUT2D eigenvalue weighted by molar-refractivity contribution is 6.77. The van der Waals surface area contributed by atoms with E-state index in [1.807, 2.05) is 66.7 Å². The summed E-state index contributed by atoms with van der Waals surface area (Å²) < 4.78 is 41.1. The van der Waals surface area contributed by atoms with Gasteiger partial charge in [-0.1, -0.05) is 96.1 Å². The Labute approximate surface area is 318 Å². The zero-order valence-electron chi connectivity index (χ0n) is 32.5. The number of aromatic amines is 1. The highest BCUT2D eigenvalue weighted by Crippen LogP contribution is 2.46. The minimum atomic E-state index is -2.41. The van der Waals surface area contributed by atoms with Crippen LogP contribution in [0.15, 0.2) is 90.0 Å². The van der Waals surface area contributed by atoms with Crippen LogP contribution in [0.2, 0.25) is 16.6 Å². The molecule has 54 heavy (non-hydrogen) atoms. The van der Waals surface area contributed by atoms with Gasteiger partial charge < -0.3 is 33.8 Å². The number of ether oxygens (including phenoxy) is 5. The summed E-state index contributed by atoms with van der Waals surface area (Å²) in [6.07, 6.45) is 0.822. The first-order valence-corrected chi connectivity index (χ1v) is 20.6. The van der Waals surface area contributed by atoms with Crippen molar-refractivity contribution in [2.24, 2.45) is 0 Å². The van der Waals surface area contributed by atoms with Gasteiger partial charge in [0.2, 0.25) is 5.95 Å². The molecular weight excluding hydrogens is 703 g/mol. The molecule has 0 unspecified atom stereocenters. The lowest BCUT2D eigenvalue weighted by molar-refractivity contribution is -0.258. The van der Waals surface area contributed by atoms with Crippen LogP contribution in [0, 0.1) is 0 Å². The smallest absolute Gasteiger partial charge is 0.280 e. The molecule has 6 rings (SSSR count). The molecule has 0 aliphatic carbocycles. The third kappa shape index (κ3) is 7.30. The van der Waals surface area contributed by atoms with Crippen molar-refractivity contribution in [1.82, 2.24) is 19.5 Å². The predicted octanol–water partition coefficient (Wildman–Crippen LogP) is 7.20. The van der Waals surface area contributed by atoms with Crippen LogP contribution in [-0.2, 0) is 24.2 Å². The third-order valence-corrected chi connectivity index (χ3v) is 16.8. The lowest BCUT2D eigenvalue weighted by Gasteiger charge is -2.48. The Balaban J connectivity index is 1.50. The van der Waals surface area contributed by atoms with E-state index in [1.165, 1.54) is 6.33 Å². The average molecular weight is 756 g/mol. The second kappa shape index (κ2) is 16.1. The molecule has 0 radical (unpaired) electrons. The van der Waals surface area contributed by atoms with Crippen LogP contribution >= 0.6 is 0 Å². The van der Waals surface area contributed by atoms with Crippen LogP contribution in [0.25, 0.3) is 11.2 Å². The highest BCUT2D eigenvalue weighted by atomic mass is 28.4. The zero-order valence-corrected chi connectivity index (χ0v) is 33.5. The topological polar surface area (TPSA) is 145 Å². The van der Waals surface area contributed by atoms with Crippen molar-refractivity contribution >= 4 is 25.4 Å². The minimum Gasteiger partial charge on any atom is -0.497 e. The van der Waals surface area contributed by atoms with Crippen molar-refractivity contribution in [2.45, 2.75) is 75.6 Å². The fourth-order valence-electron chi connectivity index (χ4n) is 8.26. The van der Waals surface area contributed by atoms with E-state index >= 15 is 0 Å². The van der Waals surface area contributed by atoms with Crippen LogP contribution in [0.4, 0.5) is 5.95 Å². The van der Waals surface area contributed by atoms with Gasteiger partial charge in [-0.05, 0) is 57.6 Å². The third-order valence-electron chi connectivity index (χ3n) is 10.8. The number of nitrogens with two attached hydrogens (primary N) is 1. The van der Waals surface area contributed by atoms with E-state index in [0.29, 0.717) is 22.3 Å². The number of hydrogen-bond donors (Lipinski definition) is 2. The number of H-pyrrole nitrogens is 1. The molecule has 2 aromatic heterocycles. The molecule has 1 aliphatic rings. The van der Waals surface area contributed by atoms with Crippen LogP contribution in [0.1, 0.15) is 64.5 Å². The Morgan fingerprint density at radius 2 is 1.43 bits per heavy atom. The fraction of sp³-hybridized carbons (Fsp3) is 0.439.